The number of primary amides is 1. The van der Waals surface area contributed by atoms with E-state index in [0.29, 0.717) is 28.0 Å². The summed E-state index contributed by atoms with van der Waals surface area (Å²) >= 11 is 0. The molecule has 0 aliphatic carbocycles. The van der Waals surface area contributed by atoms with Crippen LogP contribution in [-0.4, -0.2) is 37.4 Å². The number of aryl methyl sites for hydroxylation is 1. The number of anilines is 1. The van der Waals surface area contributed by atoms with Crippen molar-refractivity contribution in [2.24, 2.45) is 17.6 Å². The number of rotatable bonds is 9. The second-order valence-corrected chi connectivity index (χ2v) is 9.87. The summed E-state index contributed by atoms with van der Waals surface area (Å²) in [6.45, 7) is 1.72. The lowest BCUT2D eigenvalue weighted by Gasteiger charge is -2.37. The van der Waals surface area contributed by atoms with E-state index in [1.54, 1.807) is 31.2 Å². The standard InChI is InChI=1S/C27H29F7N4O3/c1-15-5-3-8-18-21(16-6-4-7-17(28)13-16)14-22(38(41)37(2)23(15)18)36-25(40)20(10-12-27(32,33)34)19(24(35)39)9-11-26(29,30)31/h3-8,13-14,19-20,22,38H,9-12H2,1-2H3,(H2,35,39)(H,36,40)/t19-,20+,22-/m0/s1. The van der Waals surface area contributed by atoms with Gasteiger partial charge in [0.25, 0.3) is 0 Å². The van der Waals surface area contributed by atoms with Crippen LogP contribution >= 0.6 is 0 Å². The number of para-hydroxylation sites is 1. The number of quaternary nitrogens is 1. The highest BCUT2D eigenvalue weighted by Gasteiger charge is 2.40. The van der Waals surface area contributed by atoms with Gasteiger partial charge in [-0.25, -0.2) is 14.6 Å². The van der Waals surface area contributed by atoms with Gasteiger partial charge in [0.1, 0.15) is 5.82 Å². The number of nitrogens with one attached hydrogen (secondary N) is 2. The highest BCUT2D eigenvalue weighted by atomic mass is 19.4. The third-order valence-electron chi connectivity index (χ3n) is 6.89. The first-order chi connectivity index (χ1) is 19.0. The first-order valence-electron chi connectivity index (χ1n) is 12.6. The number of halogens is 7. The quantitative estimate of drug-likeness (QED) is 0.302. The summed E-state index contributed by atoms with van der Waals surface area (Å²) in [6, 6.07) is 10.5. The number of carbonyl (C=O) groups is 2. The van der Waals surface area contributed by atoms with Crippen LogP contribution in [0.2, 0.25) is 0 Å². The molecule has 2 amide bonds. The van der Waals surface area contributed by atoms with E-state index in [0.717, 1.165) is 0 Å². The van der Waals surface area contributed by atoms with Gasteiger partial charge in [-0.3, -0.25) is 9.59 Å². The highest BCUT2D eigenvalue weighted by molar-refractivity contribution is 5.90. The van der Waals surface area contributed by atoms with Crippen LogP contribution in [0.4, 0.5) is 36.4 Å². The Kier molecular flexibility index (Phi) is 9.70. The van der Waals surface area contributed by atoms with Crippen molar-refractivity contribution in [3.8, 4) is 0 Å². The van der Waals surface area contributed by atoms with Crippen molar-refractivity contribution in [1.29, 1.82) is 0 Å². The molecule has 2 aromatic rings. The van der Waals surface area contributed by atoms with Crippen molar-refractivity contribution < 1.29 is 45.5 Å². The fraction of sp³-hybridized carbons (Fsp3) is 0.407. The van der Waals surface area contributed by atoms with Crippen molar-refractivity contribution in [3.63, 3.8) is 0 Å². The maximum absolute atomic E-state index is 14.2. The Morgan fingerprint density at radius 2 is 1.61 bits per heavy atom. The number of hydrogen-bond acceptors (Lipinski definition) is 4. The molecule has 4 N–H and O–H groups in total. The molecule has 7 nitrogen and oxygen atoms in total. The molecule has 224 valence electrons. The van der Waals surface area contributed by atoms with E-state index >= 15 is 0 Å². The van der Waals surface area contributed by atoms with Crippen molar-refractivity contribution >= 4 is 23.1 Å². The molecule has 4 atom stereocenters. The third kappa shape index (κ3) is 8.19. The lowest BCUT2D eigenvalue weighted by atomic mass is 9.83. The van der Waals surface area contributed by atoms with Crippen molar-refractivity contribution in [1.82, 2.24) is 5.32 Å². The number of carbonyl (C=O) groups excluding carboxylic acids is 2. The van der Waals surface area contributed by atoms with Gasteiger partial charge in [-0.2, -0.15) is 26.3 Å². The smallest absolute Gasteiger partial charge is 0.389 e. The third-order valence-corrected chi connectivity index (χ3v) is 6.89. The molecule has 1 heterocycles. The van der Waals surface area contributed by atoms with Gasteiger partial charge in [0.15, 0.2) is 0 Å². The van der Waals surface area contributed by atoms with Gasteiger partial charge in [0, 0.05) is 30.4 Å². The van der Waals surface area contributed by atoms with Crippen molar-refractivity contribution in [2.75, 3.05) is 12.1 Å². The molecule has 1 aliphatic heterocycles. The van der Waals surface area contributed by atoms with Crippen molar-refractivity contribution in [2.45, 2.75) is 51.1 Å². The van der Waals surface area contributed by atoms with Crippen LogP contribution in [0.1, 0.15) is 42.4 Å². The van der Waals surface area contributed by atoms with E-state index in [1.807, 2.05) is 0 Å². The highest BCUT2D eigenvalue weighted by Crippen LogP contribution is 2.36. The lowest BCUT2D eigenvalue weighted by Crippen LogP contribution is -3.19. The van der Waals surface area contributed by atoms with Crippen LogP contribution in [0.5, 0.6) is 0 Å². The average molecular weight is 591 g/mol. The predicted molar refractivity (Wildman–Crippen MR) is 136 cm³/mol. The molecule has 1 unspecified atom stereocenters. The molecule has 2 aromatic carbocycles. The molecule has 3 rings (SSSR count). The first kappa shape index (κ1) is 31.9. The number of fused-ring (bicyclic) bond motifs is 1. The van der Waals surface area contributed by atoms with Crippen LogP contribution in [0, 0.1) is 29.8 Å². The van der Waals surface area contributed by atoms with E-state index in [-0.39, 0.29) is 0 Å². The van der Waals surface area contributed by atoms with Crippen LogP contribution < -0.4 is 21.2 Å². The van der Waals surface area contributed by atoms with Crippen LogP contribution in [0.3, 0.4) is 0 Å². The van der Waals surface area contributed by atoms with Gasteiger partial charge >= 0.3 is 12.4 Å². The summed E-state index contributed by atoms with van der Waals surface area (Å²) in [6.07, 6.45) is -14.9. The Hall–Kier alpha value is -3.65. The van der Waals surface area contributed by atoms with Crippen LogP contribution in [-0.2, 0) is 9.59 Å². The Bertz CT molecular complexity index is 1300. The SMILES string of the molecule is Cc1cccc2c1N(C)[NH+]([O-])[C@H](NC(=O)[C@H](CCC(F)(F)F)[C@H](CCC(F)(F)F)C(N)=O)C=C2c1cccc(F)c1. The number of hydrogen-bond donors (Lipinski definition) is 3. The molecular formula is C27H29F7N4O3. The maximum atomic E-state index is 14.2. The topological polar surface area (TPSA) is 103 Å². The fourth-order valence-corrected chi connectivity index (χ4v) is 4.93. The zero-order valence-electron chi connectivity index (χ0n) is 22.1. The summed E-state index contributed by atoms with van der Waals surface area (Å²) in [5.74, 6) is -7.01. The largest absolute Gasteiger partial charge is 0.606 e. The number of nitrogens with zero attached hydrogens (tertiary/aromatic N) is 1. The number of benzene rings is 2. The van der Waals surface area contributed by atoms with E-state index in [1.165, 1.54) is 36.3 Å². The molecule has 41 heavy (non-hydrogen) atoms. The lowest BCUT2D eigenvalue weighted by molar-refractivity contribution is -0.877. The van der Waals surface area contributed by atoms with E-state index in [2.05, 4.69) is 5.32 Å². The van der Waals surface area contributed by atoms with Gasteiger partial charge < -0.3 is 16.3 Å². The number of alkyl halides is 6. The summed E-state index contributed by atoms with van der Waals surface area (Å²) in [7, 11) is 1.41. The van der Waals surface area contributed by atoms with Crippen molar-refractivity contribution in [3.05, 3.63) is 76.3 Å². The maximum Gasteiger partial charge on any atom is 0.389 e. The molecule has 0 spiro atoms. The van der Waals surface area contributed by atoms with Gasteiger partial charge in [-0.1, -0.05) is 30.3 Å². The zero-order chi connectivity index (χ0) is 30.7. The fourth-order valence-electron chi connectivity index (χ4n) is 4.93. The minimum Gasteiger partial charge on any atom is -0.606 e. The average Bonchev–Trinajstić information content (AvgIpc) is 2.95. The molecule has 0 saturated carbocycles. The van der Waals surface area contributed by atoms with E-state index < -0.39 is 78.8 Å². The Morgan fingerprint density at radius 1 is 1.02 bits per heavy atom. The summed E-state index contributed by atoms with van der Waals surface area (Å²) < 4.78 is 92.1. The van der Waals surface area contributed by atoms with Crippen LogP contribution in [0.15, 0.2) is 48.5 Å². The van der Waals surface area contributed by atoms with E-state index in [4.69, 9.17) is 5.73 Å². The second-order valence-electron chi connectivity index (χ2n) is 9.87. The Balaban J connectivity index is 2.06. The predicted octanol–water partition coefficient (Wildman–Crippen LogP) is 4.16. The Morgan fingerprint density at radius 3 is 2.17 bits per heavy atom. The molecular weight excluding hydrogens is 561 g/mol. The summed E-state index contributed by atoms with van der Waals surface area (Å²) in [4.78, 5) is 25.4. The monoisotopic (exact) mass is 590 g/mol. The number of hydroxylamine groups is 1. The molecule has 14 heteroatoms. The van der Waals surface area contributed by atoms with Gasteiger partial charge in [0.05, 0.1) is 18.7 Å². The second kappa shape index (κ2) is 12.5. The van der Waals surface area contributed by atoms with Gasteiger partial charge in [-0.05, 0) is 48.6 Å². The molecule has 0 aromatic heterocycles. The minimum absolute atomic E-state index is 0.321. The zero-order valence-corrected chi connectivity index (χ0v) is 22.1. The molecule has 0 fully saturated rings. The summed E-state index contributed by atoms with van der Waals surface area (Å²) in [5.41, 5.74) is 7.47. The normalized spacial score (nSPS) is 19.1. The molecule has 0 bridgehead atoms. The molecule has 1 aliphatic rings. The molecule has 0 radical (unpaired) electrons. The van der Waals surface area contributed by atoms with E-state index in [9.17, 15) is 45.5 Å². The van der Waals surface area contributed by atoms with Gasteiger partial charge in [0.2, 0.25) is 18.0 Å². The first-order valence-corrected chi connectivity index (χ1v) is 12.6. The summed E-state index contributed by atoms with van der Waals surface area (Å²) in [5, 5.41) is 16.3. The van der Waals surface area contributed by atoms with Crippen LogP contribution in [0.25, 0.3) is 5.57 Å². The number of nitrogens with two attached hydrogens (primary N) is 1. The Labute approximate surface area is 231 Å². The minimum atomic E-state index is -4.78. The molecule has 0 saturated heterocycles. The van der Waals surface area contributed by atoms with Gasteiger partial charge in [-0.15, -0.1) is 0 Å². The number of amides is 2.